The predicted octanol–water partition coefficient (Wildman–Crippen LogP) is 3.50. The highest BCUT2D eigenvalue weighted by molar-refractivity contribution is 5.96. The van der Waals surface area contributed by atoms with E-state index in [0.717, 1.165) is 23.6 Å². The van der Waals surface area contributed by atoms with Crippen LogP contribution in [0.25, 0.3) is 0 Å². The lowest BCUT2D eigenvalue weighted by Crippen LogP contribution is -2.28. The van der Waals surface area contributed by atoms with E-state index in [-0.39, 0.29) is 11.8 Å². The maximum atomic E-state index is 12.0. The standard InChI is InChI=1S/C30H42N4O4/c1-30(2,31)25-10-6-12-27(22-25)38-20-8-16-33-29(36)14-13-28(35)32-15-7-19-37-26-11-5-9-24(21-26)23-34-17-3-4-18-34/h5-6,9-14,21-22H,3-4,7-8,15-20,23,31H2,1-2H3,(H,32,35)(H,33,36)/b14-13+. The van der Waals surface area contributed by atoms with E-state index in [1.807, 2.05) is 50.2 Å². The number of rotatable bonds is 15. The molecule has 0 bridgehead atoms. The number of amides is 2. The summed E-state index contributed by atoms with van der Waals surface area (Å²) in [6, 6.07) is 15.9. The van der Waals surface area contributed by atoms with Gasteiger partial charge in [-0.3, -0.25) is 14.5 Å². The van der Waals surface area contributed by atoms with E-state index in [4.69, 9.17) is 15.2 Å². The number of nitrogens with one attached hydrogen (secondary N) is 2. The van der Waals surface area contributed by atoms with E-state index in [1.165, 1.54) is 43.6 Å². The van der Waals surface area contributed by atoms with Gasteiger partial charge in [0.1, 0.15) is 11.5 Å². The number of hydrogen-bond donors (Lipinski definition) is 3. The molecule has 1 fully saturated rings. The molecule has 1 aliphatic heterocycles. The molecule has 2 amide bonds. The summed E-state index contributed by atoms with van der Waals surface area (Å²) in [6.07, 6.45) is 6.36. The van der Waals surface area contributed by atoms with Gasteiger partial charge in [0.25, 0.3) is 0 Å². The quantitative estimate of drug-likeness (QED) is 0.244. The van der Waals surface area contributed by atoms with Gasteiger partial charge < -0.3 is 25.8 Å². The molecule has 8 nitrogen and oxygen atoms in total. The Balaban J connectivity index is 1.22. The van der Waals surface area contributed by atoms with Crippen LogP contribution in [-0.2, 0) is 21.7 Å². The Labute approximate surface area is 226 Å². The van der Waals surface area contributed by atoms with Crippen LogP contribution >= 0.6 is 0 Å². The minimum Gasteiger partial charge on any atom is -0.494 e. The van der Waals surface area contributed by atoms with Crippen LogP contribution in [0.4, 0.5) is 0 Å². The first-order valence-electron chi connectivity index (χ1n) is 13.5. The SMILES string of the molecule is CC(C)(N)c1cccc(OCCCNC(=O)/C=C/C(=O)NCCCOc2cccc(CN3CCCC3)c2)c1. The van der Waals surface area contributed by atoms with Gasteiger partial charge in [-0.05, 0) is 88.0 Å². The van der Waals surface area contributed by atoms with Crippen molar-refractivity contribution in [3.63, 3.8) is 0 Å². The van der Waals surface area contributed by atoms with Gasteiger partial charge in [-0.25, -0.2) is 0 Å². The Morgan fingerprint density at radius 1 is 0.895 bits per heavy atom. The van der Waals surface area contributed by atoms with Crippen LogP contribution in [0.5, 0.6) is 11.5 Å². The fourth-order valence-corrected chi connectivity index (χ4v) is 4.14. The first-order chi connectivity index (χ1) is 18.3. The van der Waals surface area contributed by atoms with Crippen LogP contribution < -0.4 is 25.8 Å². The highest BCUT2D eigenvalue weighted by Crippen LogP contribution is 2.22. The average Bonchev–Trinajstić information content (AvgIpc) is 3.40. The zero-order valence-corrected chi connectivity index (χ0v) is 22.7. The Hall–Kier alpha value is -3.36. The maximum Gasteiger partial charge on any atom is 0.244 e. The highest BCUT2D eigenvalue weighted by atomic mass is 16.5. The molecule has 2 aromatic rings. The second-order valence-electron chi connectivity index (χ2n) is 10.2. The molecule has 1 heterocycles. The number of likely N-dealkylation sites (tertiary alicyclic amines) is 1. The molecule has 38 heavy (non-hydrogen) atoms. The summed E-state index contributed by atoms with van der Waals surface area (Å²) in [7, 11) is 0. The summed E-state index contributed by atoms with van der Waals surface area (Å²) in [6.45, 7) is 9.07. The summed E-state index contributed by atoms with van der Waals surface area (Å²) in [5.74, 6) is 0.978. The number of hydrogen-bond acceptors (Lipinski definition) is 6. The Morgan fingerprint density at radius 2 is 1.45 bits per heavy atom. The van der Waals surface area contributed by atoms with E-state index >= 15 is 0 Å². The van der Waals surface area contributed by atoms with Crippen molar-refractivity contribution < 1.29 is 19.1 Å². The van der Waals surface area contributed by atoms with Crippen LogP contribution in [-0.4, -0.2) is 56.1 Å². The third-order valence-electron chi connectivity index (χ3n) is 6.25. The Kier molecular flexibility index (Phi) is 11.6. The van der Waals surface area contributed by atoms with Crippen LogP contribution in [0.1, 0.15) is 50.7 Å². The van der Waals surface area contributed by atoms with Crippen molar-refractivity contribution >= 4 is 11.8 Å². The van der Waals surface area contributed by atoms with Crippen molar-refractivity contribution in [1.29, 1.82) is 0 Å². The summed E-state index contributed by atoms with van der Waals surface area (Å²) >= 11 is 0. The monoisotopic (exact) mass is 522 g/mol. The highest BCUT2D eigenvalue weighted by Gasteiger charge is 2.14. The molecular formula is C30H42N4O4. The first kappa shape index (κ1) is 29.2. The van der Waals surface area contributed by atoms with Crippen molar-refractivity contribution in [2.45, 2.75) is 51.6 Å². The van der Waals surface area contributed by atoms with Crippen molar-refractivity contribution in [2.24, 2.45) is 5.73 Å². The number of nitrogens with two attached hydrogens (primary N) is 1. The largest absolute Gasteiger partial charge is 0.494 e. The van der Waals surface area contributed by atoms with E-state index < -0.39 is 5.54 Å². The van der Waals surface area contributed by atoms with Gasteiger partial charge in [0.15, 0.2) is 0 Å². The molecule has 2 aromatic carbocycles. The zero-order valence-electron chi connectivity index (χ0n) is 22.7. The summed E-state index contributed by atoms with van der Waals surface area (Å²) < 4.78 is 11.6. The van der Waals surface area contributed by atoms with Crippen molar-refractivity contribution in [3.8, 4) is 11.5 Å². The number of nitrogens with zero attached hydrogens (tertiary/aromatic N) is 1. The van der Waals surface area contributed by atoms with E-state index in [2.05, 4.69) is 27.7 Å². The Bertz CT molecular complexity index is 1060. The van der Waals surface area contributed by atoms with E-state index in [1.54, 1.807) is 0 Å². The molecule has 0 aliphatic carbocycles. The van der Waals surface area contributed by atoms with Crippen LogP contribution in [0.15, 0.2) is 60.7 Å². The van der Waals surface area contributed by atoms with Crippen molar-refractivity contribution in [1.82, 2.24) is 15.5 Å². The fourth-order valence-electron chi connectivity index (χ4n) is 4.14. The van der Waals surface area contributed by atoms with Gasteiger partial charge in [-0.15, -0.1) is 0 Å². The summed E-state index contributed by atoms with van der Waals surface area (Å²) in [5.41, 5.74) is 7.95. The topological polar surface area (TPSA) is 106 Å². The van der Waals surface area contributed by atoms with E-state index in [9.17, 15) is 9.59 Å². The molecule has 0 atom stereocenters. The van der Waals surface area contributed by atoms with Crippen LogP contribution in [0.2, 0.25) is 0 Å². The van der Waals surface area contributed by atoms with Gasteiger partial charge >= 0.3 is 0 Å². The third-order valence-corrected chi connectivity index (χ3v) is 6.25. The molecule has 0 unspecified atom stereocenters. The lowest BCUT2D eigenvalue weighted by Gasteiger charge is -2.19. The molecule has 1 aliphatic rings. The number of carbonyl (C=O) groups excluding carboxylic acids is 2. The fraction of sp³-hybridized carbons (Fsp3) is 0.467. The van der Waals surface area contributed by atoms with Gasteiger partial charge in [-0.2, -0.15) is 0 Å². The molecule has 4 N–H and O–H groups in total. The van der Waals surface area contributed by atoms with Gasteiger partial charge in [-0.1, -0.05) is 24.3 Å². The summed E-state index contributed by atoms with van der Waals surface area (Å²) in [4.78, 5) is 26.4. The average molecular weight is 523 g/mol. The van der Waals surface area contributed by atoms with Gasteiger partial charge in [0.2, 0.25) is 11.8 Å². The predicted molar refractivity (Wildman–Crippen MR) is 150 cm³/mol. The smallest absolute Gasteiger partial charge is 0.244 e. The molecule has 0 radical (unpaired) electrons. The molecule has 8 heteroatoms. The van der Waals surface area contributed by atoms with Crippen LogP contribution in [0.3, 0.4) is 0 Å². The van der Waals surface area contributed by atoms with E-state index in [0.29, 0.717) is 39.1 Å². The third kappa shape index (κ3) is 10.9. The lowest BCUT2D eigenvalue weighted by molar-refractivity contribution is -0.118. The number of benzene rings is 2. The molecule has 1 saturated heterocycles. The molecular weight excluding hydrogens is 480 g/mol. The normalized spacial score (nSPS) is 14.0. The minimum atomic E-state index is -0.432. The van der Waals surface area contributed by atoms with Crippen molar-refractivity contribution in [3.05, 3.63) is 71.8 Å². The first-order valence-corrected chi connectivity index (χ1v) is 13.5. The van der Waals surface area contributed by atoms with Gasteiger partial charge in [0.05, 0.1) is 13.2 Å². The second kappa shape index (κ2) is 15.1. The molecule has 0 saturated carbocycles. The zero-order chi connectivity index (χ0) is 27.2. The van der Waals surface area contributed by atoms with Crippen molar-refractivity contribution in [2.75, 3.05) is 39.4 Å². The molecule has 3 rings (SSSR count). The minimum absolute atomic E-state index is 0.307. The Morgan fingerprint density at radius 3 is 2.03 bits per heavy atom. The lowest BCUT2D eigenvalue weighted by atomic mass is 9.96. The molecule has 0 spiro atoms. The molecule has 206 valence electrons. The van der Waals surface area contributed by atoms with Crippen LogP contribution in [0, 0.1) is 0 Å². The molecule has 0 aromatic heterocycles. The summed E-state index contributed by atoms with van der Waals surface area (Å²) in [5, 5.41) is 5.53. The maximum absolute atomic E-state index is 12.0. The number of carbonyl (C=O) groups is 2. The van der Waals surface area contributed by atoms with Gasteiger partial charge in [0, 0.05) is 37.3 Å². The number of ether oxygens (including phenoxy) is 2. The second-order valence-corrected chi connectivity index (χ2v) is 10.2.